The van der Waals surface area contributed by atoms with Crippen LogP contribution >= 0.6 is 0 Å². The van der Waals surface area contributed by atoms with E-state index in [9.17, 15) is 26.3 Å². The van der Waals surface area contributed by atoms with Crippen LogP contribution in [0.3, 0.4) is 0 Å². The molecule has 3 rings (SSSR count). The minimum Gasteiger partial charge on any atom is -0.349 e. The molecule has 0 bridgehead atoms. The first-order chi connectivity index (χ1) is 12.9. The van der Waals surface area contributed by atoms with E-state index in [1.807, 2.05) is 6.92 Å². The number of anilines is 2. The van der Waals surface area contributed by atoms with Gasteiger partial charge in [0, 0.05) is 11.7 Å². The van der Waals surface area contributed by atoms with E-state index < -0.39 is 30.2 Å². The summed E-state index contributed by atoms with van der Waals surface area (Å²) in [6, 6.07) is -0.854. The van der Waals surface area contributed by atoms with Crippen LogP contribution in [0.15, 0.2) is 12.3 Å². The molecule has 0 unspecified atom stereocenters. The Hall–Kier alpha value is -2.73. The van der Waals surface area contributed by atoms with Crippen LogP contribution in [0.2, 0.25) is 0 Å². The topological polar surface area (TPSA) is 88.5 Å². The molecule has 2 N–H and O–H groups in total. The summed E-state index contributed by atoms with van der Waals surface area (Å²) in [5.41, 5.74) is -0.620. The number of hydrogen-bond donors (Lipinski definition) is 2. The molecule has 0 spiro atoms. The Kier molecular flexibility index (Phi) is 4.79. The maximum atomic E-state index is 12.8. The van der Waals surface area contributed by atoms with E-state index in [2.05, 4.69) is 35.6 Å². The first-order valence-electron chi connectivity index (χ1n) is 8.14. The van der Waals surface area contributed by atoms with Crippen LogP contribution in [0.5, 0.6) is 0 Å². The summed E-state index contributed by atoms with van der Waals surface area (Å²) in [7, 11) is 0. The van der Waals surface area contributed by atoms with E-state index in [-0.39, 0.29) is 23.0 Å². The van der Waals surface area contributed by atoms with E-state index in [1.165, 1.54) is 0 Å². The summed E-state index contributed by atoms with van der Waals surface area (Å²) in [5, 5.41) is 5.04. The second-order valence-electron chi connectivity index (χ2n) is 6.66. The van der Waals surface area contributed by atoms with E-state index >= 15 is 0 Å². The van der Waals surface area contributed by atoms with Crippen molar-refractivity contribution < 1.29 is 26.3 Å². The van der Waals surface area contributed by atoms with Gasteiger partial charge in [0.1, 0.15) is 11.7 Å². The Balaban J connectivity index is 2.00. The quantitative estimate of drug-likeness (QED) is 0.731. The van der Waals surface area contributed by atoms with Gasteiger partial charge in [0.15, 0.2) is 5.82 Å². The van der Waals surface area contributed by atoms with Crippen LogP contribution in [-0.4, -0.2) is 42.7 Å². The van der Waals surface area contributed by atoms with Gasteiger partial charge in [0.25, 0.3) is 0 Å². The molecule has 0 aromatic carbocycles. The van der Waals surface area contributed by atoms with Crippen molar-refractivity contribution in [3.05, 3.63) is 18.1 Å². The highest BCUT2D eigenvalue weighted by Crippen LogP contribution is 2.37. The second kappa shape index (κ2) is 6.71. The third kappa shape index (κ3) is 4.75. The Morgan fingerprint density at radius 3 is 2.21 bits per heavy atom. The van der Waals surface area contributed by atoms with Crippen LogP contribution in [-0.2, 0) is 6.18 Å². The molecule has 1 fully saturated rings. The monoisotopic (exact) mass is 407 g/mol. The lowest BCUT2D eigenvalue weighted by molar-refractivity contribution is -0.145. The van der Waals surface area contributed by atoms with E-state index in [1.54, 1.807) is 0 Å². The Morgan fingerprint density at radius 1 is 1.00 bits per heavy atom. The average molecular weight is 407 g/mol. The normalized spacial score (nSPS) is 17.1. The molecule has 0 amide bonds. The van der Waals surface area contributed by atoms with Crippen molar-refractivity contribution in [1.82, 2.24) is 24.9 Å². The van der Waals surface area contributed by atoms with Crippen molar-refractivity contribution in [1.29, 1.82) is 0 Å². The number of rotatable bonds is 5. The summed E-state index contributed by atoms with van der Waals surface area (Å²) in [6.07, 6.45) is -6.91. The first-order valence-corrected chi connectivity index (χ1v) is 8.14. The number of nitrogens with zero attached hydrogens (tertiary/aromatic N) is 5. The van der Waals surface area contributed by atoms with Gasteiger partial charge in [-0.3, -0.25) is 0 Å². The summed E-state index contributed by atoms with van der Waals surface area (Å²) >= 11 is 0. The van der Waals surface area contributed by atoms with Crippen molar-refractivity contribution in [3.8, 4) is 11.5 Å². The molecular weight excluding hydrogens is 392 g/mol. The third-order valence-electron chi connectivity index (χ3n) is 4.02. The molecule has 0 radical (unpaired) electrons. The van der Waals surface area contributed by atoms with Crippen molar-refractivity contribution in [2.45, 2.75) is 50.6 Å². The predicted molar refractivity (Wildman–Crippen MR) is 86.3 cm³/mol. The zero-order valence-corrected chi connectivity index (χ0v) is 14.7. The summed E-state index contributed by atoms with van der Waals surface area (Å²) in [5.74, 6) is -2.22. The molecule has 1 atom stereocenters. The van der Waals surface area contributed by atoms with Crippen molar-refractivity contribution >= 4 is 11.9 Å². The second-order valence-corrected chi connectivity index (χ2v) is 6.66. The maximum Gasteiger partial charge on any atom is 0.451 e. The van der Waals surface area contributed by atoms with Crippen LogP contribution in [0.4, 0.5) is 38.2 Å². The van der Waals surface area contributed by atoms with E-state index in [0.29, 0.717) is 0 Å². The molecule has 152 valence electrons. The molecule has 2 aromatic heterocycles. The molecule has 7 nitrogen and oxygen atoms in total. The summed E-state index contributed by atoms with van der Waals surface area (Å²) < 4.78 is 77.0. The van der Waals surface area contributed by atoms with Gasteiger partial charge in [-0.15, -0.1) is 0 Å². The van der Waals surface area contributed by atoms with Crippen LogP contribution in [0, 0.1) is 0 Å². The largest absolute Gasteiger partial charge is 0.451 e. The zero-order chi connectivity index (χ0) is 20.7. The fraction of sp³-hybridized carbons (Fsp3) is 0.533. The summed E-state index contributed by atoms with van der Waals surface area (Å²) in [6.45, 7) is 2.72. The molecule has 0 saturated heterocycles. The Labute approximate surface area is 155 Å². The molecule has 2 heterocycles. The molecule has 13 heteroatoms. The average Bonchev–Trinajstić information content (AvgIpc) is 3.30. The molecule has 1 aliphatic carbocycles. The van der Waals surface area contributed by atoms with Gasteiger partial charge in [-0.25, -0.2) is 9.97 Å². The fourth-order valence-electron chi connectivity index (χ4n) is 2.09. The van der Waals surface area contributed by atoms with Gasteiger partial charge in [0.2, 0.25) is 17.7 Å². The first kappa shape index (κ1) is 20.0. The minimum absolute atomic E-state index is 0.0611. The highest BCUT2D eigenvalue weighted by molar-refractivity contribution is 5.54. The lowest BCUT2D eigenvalue weighted by Gasteiger charge is -2.18. The van der Waals surface area contributed by atoms with Crippen LogP contribution in [0.25, 0.3) is 11.5 Å². The Bertz CT molecular complexity index is 863. The smallest absolute Gasteiger partial charge is 0.349 e. The maximum absolute atomic E-state index is 12.8. The highest BCUT2D eigenvalue weighted by Gasteiger charge is 2.39. The van der Waals surface area contributed by atoms with Crippen molar-refractivity contribution in [3.63, 3.8) is 0 Å². The number of halogens is 6. The molecule has 0 aliphatic heterocycles. The van der Waals surface area contributed by atoms with E-state index in [4.69, 9.17) is 0 Å². The van der Waals surface area contributed by atoms with Gasteiger partial charge >= 0.3 is 12.4 Å². The molecule has 28 heavy (non-hydrogen) atoms. The van der Waals surface area contributed by atoms with Crippen LogP contribution in [0.1, 0.15) is 32.5 Å². The van der Waals surface area contributed by atoms with Crippen LogP contribution < -0.4 is 10.6 Å². The zero-order valence-electron chi connectivity index (χ0n) is 14.7. The number of alkyl halides is 6. The number of aromatic nitrogens is 5. The number of nitrogens with one attached hydrogen (secondary N) is 2. The lowest BCUT2D eigenvalue weighted by Crippen LogP contribution is -2.34. The van der Waals surface area contributed by atoms with Gasteiger partial charge in [-0.1, -0.05) is 0 Å². The standard InChI is InChI=1S/C15H15F6N7/c1-7(14(16,17)18)23-11-25-9(26-12(27-11)28-13(2)4-5-13)8-3-6-22-10(24-8)15(19,20)21/h3,6-7H,4-5H2,1-2H3,(H2,23,25,26,27,28)/t7-/m1/s1. The Morgan fingerprint density at radius 2 is 1.64 bits per heavy atom. The fourth-order valence-corrected chi connectivity index (χ4v) is 2.09. The molecular formula is C15H15F6N7. The number of hydrogen-bond acceptors (Lipinski definition) is 7. The van der Waals surface area contributed by atoms with Crippen molar-refractivity contribution in [2.75, 3.05) is 10.6 Å². The van der Waals surface area contributed by atoms with Gasteiger partial charge in [-0.2, -0.15) is 41.3 Å². The van der Waals surface area contributed by atoms with Gasteiger partial charge < -0.3 is 10.6 Å². The predicted octanol–water partition coefficient (Wildman–Crippen LogP) is 3.67. The summed E-state index contributed by atoms with van der Waals surface area (Å²) in [4.78, 5) is 18.2. The van der Waals surface area contributed by atoms with Gasteiger partial charge in [-0.05, 0) is 32.8 Å². The van der Waals surface area contributed by atoms with Gasteiger partial charge in [0.05, 0.1) is 0 Å². The van der Waals surface area contributed by atoms with E-state index in [0.717, 1.165) is 32.0 Å². The minimum atomic E-state index is -4.79. The SMILES string of the molecule is C[C@@H](Nc1nc(NC2(C)CC2)nc(-c2ccnc(C(F)(F)F)n2)n1)C(F)(F)F. The third-order valence-corrected chi connectivity index (χ3v) is 4.02. The van der Waals surface area contributed by atoms with Crippen molar-refractivity contribution in [2.24, 2.45) is 0 Å². The molecule has 1 aliphatic rings. The molecule has 1 saturated carbocycles. The molecule has 2 aromatic rings. The lowest BCUT2D eigenvalue weighted by atomic mass is 10.3. The highest BCUT2D eigenvalue weighted by atomic mass is 19.4.